The van der Waals surface area contributed by atoms with E-state index in [9.17, 15) is 15.0 Å². The molecule has 2 aromatic heterocycles. The van der Waals surface area contributed by atoms with Crippen LogP contribution in [0.5, 0.6) is 0 Å². The fraction of sp³-hybridized carbons (Fsp3) is 0.310. The highest BCUT2D eigenvalue weighted by Crippen LogP contribution is 2.67. The van der Waals surface area contributed by atoms with Gasteiger partial charge in [-0.05, 0) is 36.5 Å². The summed E-state index contributed by atoms with van der Waals surface area (Å²) < 4.78 is 1.77. The molecular formula is C29H28N6O3. The molecule has 2 fully saturated rings. The Morgan fingerprint density at radius 2 is 1.82 bits per heavy atom. The summed E-state index contributed by atoms with van der Waals surface area (Å²) in [7, 11) is 1.55. The first-order valence-corrected chi connectivity index (χ1v) is 12.7. The Labute approximate surface area is 220 Å². The highest BCUT2D eigenvalue weighted by molar-refractivity contribution is 5.88. The molecule has 2 aliphatic rings. The molecule has 9 heteroatoms. The zero-order chi connectivity index (χ0) is 26.3. The average Bonchev–Trinajstić information content (AvgIpc) is 3.49. The van der Waals surface area contributed by atoms with Crippen molar-refractivity contribution in [1.82, 2.24) is 24.8 Å². The fourth-order valence-corrected chi connectivity index (χ4v) is 5.72. The summed E-state index contributed by atoms with van der Waals surface area (Å²) in [5.74, 6) is 6.53. The van der Waals surface area contributed by atoms with Crippen molar-refractivity contribution in [2.75, 3.05) is 18.9 Å². The van der Waals surface area contributed by atoms with E-state index in [0.717, 1.165) is 12.0 Å². The van der Waals surface area contributed by atoms with Crippen LogP contribution in [0.15, 0.2) is 67.0 Å². The molecule has 9 nitrogen and oxygen atoms in total. The van der Waals surface area contributed by atoms with Crippen molar-refractivity contribution >= 4 is 22.9 Å². The van der Waals surface area contributed by atoms with Crippen molar-refractivity contribution in [2.24, 2.45) is 11.3 Å². The molecule has 0 spiro atoms. The minimum Gasteiger partial charge on any atom is -0.389 e. The Balaban J connectivity index is 1.37. The molecule has 2 aliphatic carbocycles. The number of anilines is 1. The van der Waals surface area contributed by atoms with E-state index < -0.39 is 23.7 Å². The lowest BCUT2D eigenvalue weighted by atomic mass is 9.98. The summed E-state index contributed by atoms with van der Waals surface area (Å²) in [5.41, 5.74) is 2.08. The number of carbonyl (C=O) groups is 1. The Bertz CT molecular complexity index is 1540. The van der Waals surface area contributed by atoms with Gasteiger partial charge >= 0.3 is 0 Å². The molecule has 4 N–H and O–H groups in total. The number of aliphatic hydroxyl groups excluding tert-OH is 2. The van der Waals surface area contributed by atoms with Crippen LogP contribution in [-0.4, -0.2) is 61.4 Å². The Morgan fingerprint density at radius 1 is 1.08 bits per heavy atom. The highest BCUT2D eigenvalue weighted by Gasteiger charge is 2.75. The predicted octanol–water partition coefficient (Wildman–Crippen LogP) is 1.91. The number of imidazole rings is 1. The minimum atomic E-state index is -1.17. The third-order valence-electron chi connectivity index (χ3n) is 7.71. The van der Waals surface area contributed by atoms with Crippen LogP contribution < -0.4 is 10.6 Å². The van der Waals surface area contributed by atoms with E-state index in [1.165, 1.54) is 5.56 Å². The van der Waals surface area contributed by atoms with Crippen LogP contribution in [0.1, 0.15) is 29.4 Å². The van der Waals surface area contributed by atoms with E-state index in [-0.39, 0.29) is 11.8 Å². The normalized spacial score (nSPS) is 25.3. The van der Waals surface area contributed by atoms with E-state index in [1.807, 2.05) is 48.5 Å². The van der Waals surface area contributed by atoms with Crippen molar-refractivity contribution in [3.8, 4) is 11.8 Å². The molecule has 2 saturated carbocycles. The number of aliphatic hydroxyl groups is 2. The van der Waals surface area contributed by atoms with Crippen molar-refractivity contribution in [3.63, 3.8) is 0 Å². The summed E-state index contributed by atoms with van der Waals surface area (Å²) in [6.07, 6.45) is 0.588. The van der Waals surface area contributed by atoms with Gasteiger partial charge in [0.25, 0.3) is 0 Å². The molecule has 4 aromatic rings. The second kappa shape index (κ2) is 9.56. The number of benzene rings is 2. The van der Waals surface area contributed by atoms with Gasteiger partial charge in [-0.2, -0.15) is 0 Å². The van der Waals surface area contributed by atoms with Crippen LogP contribution >= 0.6 is 0 Å². The third kappa shape index (κ3) is 3.99. The lowest BCUT2D eigenvalue weighted by molar-refractivity contribution is -0.132. The van der Waals surface area contributed by atoms with Gasteiger partial charge < -0.3 is 25.4 Å². The first kappa shape index (κ1) is 24.1. The number of hydrogen-bond donors (Lipinski definition) is 4. The molecule has 38 heavy (non-hydrogen) atoms. The first-order chi connectivity index (χ1) is 18.5. The van der Waals surface area contributed by atoms with Crippen LogP contribution in [0.4, 0.5) is 5.82 Å². The summed E-state index contributed by atoms with van der Waals surface area (Å²) >= 11 is 0. The zero-order valence-corrected chi connectivity index (χ0v) is 20.9. The van der Waals surface area contributed by atoms with E-state index in [2.05, 4.69) is 44.6 Å². The SMILES string of the molecule is CNC(=O)C12CC1C(n1cnc3c(NCCc4ccccc4)nc(C#Cc4ccccc4)nc31)C(O)C2O. The smallest absolute Gasteiger partial charge is 0.229 e. The van der Waals surface area contributed by atoms with Crippen LogP contribution in [0.25, 0.3) is 11.2 Å². The number of fused-ring (bicyclic) bond motifs is 2. The van der Waals surface area contributed by atoms with Crippen molar-refractivity contribution in [2.45, 2.75) is 31.1 Å². The van der Waals surface area contributed by atoms with E-state index in [1.54, 1.807) is 17.9 Å². The molecule has 0 bridgehead atoms. The molecule has 5 atom stereocenters. The van der Waals surface area contributed by atoms with Gasteiger partial charge in [-0.15, -0.1) is 0 Å². The van der Waals surface area contributed by atoms with Crippen LogP contribution in [0.2, 0.25) is 0 Å². The van der Waals surface area contributed by atoms with Crippen molar-refractivity contribution in [3.05, 3.63) is 83.9 Å². The number of aromatic nitrogens is 4. The van der Waals surface area contributed by atoms with Gasteiger partial charge in [-0.3, -0.25) is 4.79 Å². The molecular weight excluding hydrogens is 480 g/mol. The van der Waals surface area contributed by atoms with Gasteiger partial charge in [0.1, 0.15) is 6.10 Å². The monoisotopic (exact) mass is 508 g/mol. The summed E-state index contributed by atoms with van der Waals surface area (Å²) in [6, 6.07) is 19.2. The topological polar surface area (TPSA) is 125 Å². The first-order valence-electron chi connectivity index (χ1n) is 12.7. The molecule has 0 aliphatic heterocycles. The number of rotatable bonds is 6. The summed E-state index contributed by atoms with van der Waals surface area (Å²) in [4.78, 5) is 26.6. The number of carbonyl (C=O) groups excluding carboxylic acids is 1. The Morgan fingerprint density at radius 3 is 2.55 bits per heavy atom. The van der Waals surface area contributed by atoms with Gasteiger partial charge in [0.2, 0.25) is 11.7 Å². The standard InChI is InChI=1S/C29H28N6O3/c1-30-28(38)29-16-20(29)23(24(36)25(29)37)35-17-32-22-26(31-15-14-19-10-6-3-7-11-19)33-21(34-27(22)35)13-12-18-8-4-2-5-9-18/h2-11,17,20,23-25,36-37H,14-16H2,1H3,(H,30,38)(H,31,33,34). The number of amides is 1. The average molecular weight is 509 g/mol. The molecule has 0 radical (unpaired) electrons. The van der Waals surface area contributed by atoms with Gasteiger partial charge in [-0.25, -0.2) is 15.0 Å². The molecule has 2 heterocycles. The zero-order valence-electron chi connectivity index (χ0n) is 20.9. The van der Waals surface area contributed by atoms with E-state index in [4.69, 9.17) is 4.98 Å². The maximum Gasteiger partial charge on any atom is 0.229 e. The lowest BCUT2D eigenvalue weighted by Gasteiger charge is -2.23. The minimum absolute atomic E-state index is 0.229. The van der Waals surface area contributed by atoms with E-state index in [0.29, 0.717) is 35.8 Å². The third-order valence-corrected chi connectivity index (χ3v) is 7.71. The largest absolute Gasteiger partial charge is 0.389 e. The summed E-state index contributed by atoms with van der Waals surface area (Å²) in [6.45, 7) is 0.627. The molecule has 192 valence electrons. The number of nitrogens with zero attached hydrogens (tertiary/aromatic N) is 4. The number of nitrogens with one attached hydrogen (secondary N) is 2. The quantitative estimate of drug-likeness (QED) is 0.293. The highest BCUT2D eigenvalue weighted by atomic mass is 16.3. The van der Waals surface area contributed by atoms with Crippen LogP contribution in [-0.2, 0) is 11.2 Å². The summed E-state index contributed by atoms with van der Waals surface area (Å²) in [5, 5.41) is 27.9. The second-order valence-corrected chi connectivity index (χ2v) is 9.85. The van der Waals surface area contributed by atoms with Crippen LogP contribution in [0.3, 0.4) is 0 Å². The molecule has 1 amide bonds. The van der Waals surface area contributed by atoms with Gasteiger partial charge in [0.05, 0.1) is 23.9 Å². The predicted molar refractivity (Wildman–Crippen MR) is 142 cm³/mol. The van der Waals surface area contributed by atoms with Gasteiger partial charge in [-0.1, -0.05) is 54.5 Å². The van der Waals surface area contributed by atoms with Crippen molar-refractivity contribution < 1.29 is 15.0 Å². The maximum atomic E-state index is 12.6. The fourth-order valence-electron chi connectivity index (χ4n) is 5.72. The van der Waals surface area contributed by atoms with Crippen molar-refractivity contribution in [1.29, 1.82) is 0 Å². The molecule has 5 unspecified atom stereocenters. The van der Waals surface area contributed by atoms with Gasteiger partial charge in [0.15, 0.2) is 17.0 Å². The second-order valence-electron chi connectivity index (χ2n) is 9.85. The maximum absolute atomic E-state index is 12.6. The number of hydrogen-bond acceptors (Lipinski definition) is 7. The molecule has 6 rings (SSSR count). The van der Waals surface area contributed by atoms with Crippen LogP contribution in [0, 0.1) is 23.2 Å². The molecule has 2 aromatic carbocycles. The lowest BCUT2D eigenvalue weighted by Crippen LogP contribution is -2.41. The Kier molecular flexibility index (Phi) is 6.06. The van der Waals surface area contributed by atoms with E-state index >= 15 is 0 Å². The molecule has 0 saturated heterocycles. The Hall–Kier alpha value is -4.26. The van der Waals surface area contributed by atoms with Gasteiger partial charge in [0, 0.05) is 25.1 Å².